The Hall–Kier alpha value is -0.0800. The zero-order valence-electron chi connectivity index (χ0n) is 10.6. The monoisotopic (exact) mass is 200 g/mol. The lowest BCUT2D eigenvalue weighted by Gasteiger charge is -2.21. The lowest BCUT2D eigenvalue weighted by atomic mass is 10.1. The van der Waals surface area contributed by atoms with Gasteiger partial charge in [-0.2, -0.15) is 0 Å². The quantitative estimate of drug-likeness (QED) is 0.647. The van der Waals surface area contributed by atoms with Gasteiger partial charge in [0.25, 0.3) is 0 Å². The van der Waals surface area contributed by atoms with Crippen molar-refractivity contribution in [3.63, 3.8) is 0 Å². The van der Waals surface area contributed by atoms with Crippen LogP contribution in [-0.2, 0) is 0 Å². The van der Waals surface area contributed by atoms with Crippen molar-refractivity contribution in [2.24, 2.45) is 0 Å². The molecule has 0 aromatic carbocycles. The molecule has 0 heterocycles. The summed E-state index contributed by atoms with van der Waals surface area (Å²) in [4.78, 5) is 2.24. The molecule has 2 atom stereocenters. The van der Waals surface area contributed by atoms with Crippen molar-refractivity contribution in [3.8, 4) is 0 Å². The van der Waals surface area contributed by atoms with Gasteiger partial charge in [0.1, 0.15) is 0 Å². The number of unbranched alkanes of at least 4 members (excludes halogenated alkanes) is 1. The van der Waals surface area contributed by atoms with E-state index in [4.69, 9.17) is 0 Å². The van der Waals surface area contributed by atoms with E-state index in [1.807, 2.05) is 0 Å². The standard InChI is InChI=1S/C12H28N2/c1-6-7-8-11(2)13-12(3)9-10-14(4)5/h11-13H,6-10H2,1-5H3. The molecule has 0 fully saturated rings. The number of nitrogens with one attached hydrogen (secondary N) is 1. The Kier molecular flexibility index (Phi) is 8.20. The average Bonchev–Trinajstić information content (AvgIpc) is 2.11. The van der Waals surface area contributed by atoms with Crippen LogP contribution in [0.5, 0.6) is 0 Å². The predicted molar refractivity (Wildman–Crippen MR) is 64.8 cm³/mol. The fraction of sp³-hybridized carbons (Fsp3) is 1.00. The SMILES string of the molecule is CCCCC(C)NC(C)CCN(C)C. The molecule has 1 N–H and O–H groups in total. The molecule has 0 aromatic heterocycles. The van der Waals surface area contributed by atoms with E-state index in [0.29, 0.717) is 12.1 Å². The van der Waals surface area contributed by atoms with Crippen LogP contribution in [0.25, 0.3) is 0 Å². The molecule has 0 bridgehead atoms. The van der Waals surface area contributed by atoms with Crippen LogP contribution in [0.4, 0.5) is 0 Å². The van der Waals surface area contributed by atoms with Crippen molar-refractivity contribution in [1.29, 1.82) is 0 Å². The molecule has 14 heavy (non-hydrogen) atoms. The summed E-state index contributed by atoms with van der Waals surface area (Å²) in [7, 11) is 4.26. The van der Waals surface area contributed by atoms with Crippen LogP contribution >= 0.6 is 0 Å². The van der Waals surface area contributed by atoms with Gasteiger partial charge in [-0.3, -0.25) is 0 Å². The minimum Gasteiger partial charge on any atom is -0.312 e. The summed E-state index contributed by atoms with van der Waals surface area (Å²) in [6.45, 7) is 8.00. The first-order chi connectivity index (χ1) is 6.56. The summed E-state index contributed by atoms with van der Waals surface area (Å²) in [5.74, 6) is 0. The lowest BCUT2D eigenvalue weighted by molar-refractivity contribution is 0.347. The molecule has 2 heteroatoms. The average molecular weight is 200 g/mol. The van der Waals surface area contributed by atoms with Gasteiger partial charge in [0, 0.05) is 12.1 Å². The first kappa shape index (κ1) is 13.9. The van der Waals surface area contributed by atoms with Crippen LogP contribution in [0.2, 0.25) is 0 Å². The van der Waals surface area contributed by atoms with Gasteiger partial charge >= 0.3 is 0 Å². The molecule has 0 saturated carbocycles. The molecule has 0 aliphatic rings. The number of nitrogens with zero attached hydrogens (tertiary/aromatic N) is 1. The Morgan fingerprint density at radius 2 is 1.64 bits per heavy atom. The van der Waals surface area contributed by atoms with E-state index in [0.717, 1.165) is 0 Å². The maximum Gasteiger partial charge on any atom is 0.00533 e. The highest BCUT2D eigenvalue weighted by atomic mass is 15.1. The van der Waals surface area contributed by atoms with E-state index in [-0.39, 0.29) is 0 Å². The lowest BCUT2D eigenvalue weighted by Crippen LogP contribution is -2.36. The molecule has 2 nitrogen and oxygen atoms in total. The summed E-state index contributed by atoms with van der Waals surface area (Å²) < 4.78 is 0. The van der Waals surface area contributed by atoms with E-state index in [1.54, 1.807) is 0 Å². The van der Waals surface area contributed by atoms with Gasteiger partial charge in [0.05, 0.1) is 0 Å². The van der Waals surface area contributed by atoms with Crippen molar-refractivity contribution >= 4 is 0 Å². The third kappa shape index (κ3) is 8.52. The fourth-order valence-corrected chi connectivity index (χ4v) is 1.61. The van der Waals surface area contributed by atoms with Crippen molar-refractivity contribution in [2.75, 3.05) is 20.6 Å². The molecule has 2 unspecified atom stereocenters. The number of hydrogen-bond donors (Lipinski definition) is 1. The van der Waals surface area contributed by atoms with E-state index in [1.165, 1.54) is 32.2 Å². The van der Waals surface area contributed by atoms with E-state index >= 15 is 0 Å². The Labute approximate surface area is 90.1 Å². The molecule has 0 aliphatic carbocycles. The van der Waals surface area contributed by atoms with Crippen molar-refractivity contribution in [3.05, 3.63) is 0 Å². The van der Waals surface area contributed by atoms with Crippen molar-refractivity contribution in [1.82, 2.24) is 10.2 Å². The van der Waals surface area contributed by atoms with Crippen LogP contribution in [0, 0.1) is 0 Å². The minimum atomic E-state index is 0.643. The molecular weight excluding hydrogens is 172 g/mol. The van der Waals surface area contributed by atoms with Gasteiger partial charge in [-0.1, -0.05) is 19.8 Å². The fourth-order valence-electron chi connectivity index (χ4n) is 1.61. The van der Waals surface area contributed by atoms with Crippen molar-refractivity contribution in [2.45, 2.75) is 58.5 Å². The van der Waals surface area contributed by atoms with Crippen LogP contribution in [0.3, 0.4) is 0 Å². The highest BCUT2D eigenvalue weighted by molar-refractivity contribution is 4.68. The zero-order chi connectivity index (χ0) is 11.0. The highest BCUT2D eigenvalue weighted by Gasteiger charge is 2.06. The highest BCUT2D eigenvalue weighted by Crippen LogP contribution is 2.02. The molecule has 0 aromatic rings. The van der Waals surface area contributed by atoms with Crippen LogP contribution < -0.4 is 5.32 Å². The third-order valence-electron chi connectivity index (χ3n) is 2.57. The van der Waals surface area contributed by atoms with E-state index in [2.05, 4.69) is 45.1 Å². The Bertz CT molecular complexity index is 123. The molecule has 0 rings (SSSR count). The Morgan fingerprint density at radius 1 is 1.07 bits per heavy atom. The minimum absolute atomic E-state index is 0.643. The third-order valence-corrected chi connectivity index (χ3v) is 2.57. The smallest absolute Gasteiger partial charge is 0.00533 e. The van der Waals surface area contributed by atoms with E-state index in [9.17, 15) is 0 Å². The molecule has 0 aliphatic heterocycles. The maximum atomic E-state index is 3.64. The maximum absolute atomic E-state index is 3.64. The van der Waals surface area contributed by atoms with Crippen LogP contribution in [-0.4, -0.2) is 37.6 Å². The van der Waals surface area contributed by atoms with Gasteiger partial charge in [0.15, 0.2) is 0 Å². The van der Waals surface area contributed by atoms with Gasteiger partial charge in [-0.25, -0.2) is 0 Å². The Morgan fingerprint density at radius 3 is 2.14 bits per heavy atom. The van der Waals surface area contributed by atoms with Gasteiger partial charge < -0.3 is 10.2 Å². The van der Waals surface area contributed by atoms with Crippen molar-refractivity contribution < 1.29 is 0 Å². The van der Waals surface area contributed by atoms with Crippen LogP contribution in [0.15, 0.2) is 0 Å². The zero-order valence-corrected chi connectivity index (χ0v) is 10.6. The number of hydrogen-bond acceptors (Lipinski definition) is 2. The molecule has 0 amide bonds. The molecule has 0 spiro atoms. The summed E-state index contributed by atoms with van der Waals surface area (Å²) in [6, 6.07) is 1.32. The molecular formula is C12H28N2. The Balaban J connectivity index is 3.44. The summed E-state index contributed by atoms with van der Waals surface area (Å²) >= 11 is 0. The summed E-state index contributed by atoms with van der Waals surface area (Å²) in [6.07, 6.45) is 5.19. The normalized spacial score (nSPS) is 15.9. The first-order valence-electron chi connectivity index (χ1n) is 5.97. The summed E-state index contributed by atoms with van der Waals surface area (Å²) in [5, 5.41) is 3.64. The second kappa shape index (κ2) is 8.25. The van der Waals surface area contributed by atoms with E-state index < -0.39 is 0 Å². The predicted octanol–water partition coefficient (Wildman–Crippen LogP) is 2.49. The second-order valence-electron chi connectivity index (χ2n) is 4.70. The van der Waals surface area contributed by atoms with Gasteiger partial charge in [-0.05, 0) is 47.3 Å². The molecule has 0 radical (unpaired) electrons. The summed E-state index contributed by atoms with van der Waals surface area (Å²) in [5.41, 5.74) is 0. The molecule has 86 valence electrons. The number of rotatable bonds is 8. The van der Waals surface area contributed by atoms with Crippen LogP contribution in [0.1, 0.15) is 46.5 Å². The first-order valence-corrected chi connectivity index (χ1v) is 5.97. The van der Waals surface area contributed by atoms with Gasteiger partial charge in [0.2, 0.25) is 0 Å². The second-order valence-corrected chi connectivity index (χ2v) is 4.70. The molecule has 0 saturated heterocycles. The topological polar surface area (TPSA) is 15.3 Å². The van der Waals surface area contributed by atoms with Gasteiger partial charge in [-0.15, -0.1) is 0 Å². The largest absolute Gasteiger partial charge is 0.312 e.